The fourth-order valence-electron chi connectivity index (χ4n) is 2.34. The van der Waals surface area contributed by atoms with Crippen molar-refractivity contribution in [3.8, 4) is 0 Å². The minimum Gasteiger partial charge on any atom is -0.388 e. The molecule has 114 valence electrons. The molecule has 1 unspecified atom stereocenters. The summed E-state index contributed by atoms with van der Waals surface area (Å²) in [5.74, 6) is 1.85. The fraction of sp³-hybridized carbons (Fsp3) is 0.529. The second-order valence-electron chi connectivity index (χ2n) is 6.29. The largest absolute Gasteiger partial charge is 0.388 e. The number of hydrogen-bond donors (Lipinski definition) is 1. The Labute approximate surface area is 126 Å². The number of aliphatic hydroxyl groups is 1. The first-order valence-electron chi connectivity index (χ1n) is 7.62. The van der Waals surface area contributed by atoms with Crippen LogP contribution in [0.15, 0.2) is 30.6 Å². The maximum Gasteiger partial charge on any atom is 0.138 e. The molecule has 1 aromatic heterocycles. The molecule has 1 atom stereocenters. The van der Waals surface area contributed by atoms with Crippen LogP contribution in [0, 0.1) is 5.92 Å². The van der Waals surface area contributed by atoms with Crippen molar-refractivity contribution in [2.45, 2.75) is 52.7 Å². The van der Waals surface area contributed by atoms with Gasteiger partial charge in [0.25, 0.3) is 0 Å². The Balaban J connectivity index is 2.07. The minimum absolute atomic E-state index is 0.494. The Bertz CT molecular complexity index is 558. The van der Waals surface area contributed by atoms with Crippen LogP contribution in [0.1, 0.15) is 56.7 Å². The monoisotopic (exact) mass is 287 g/mol. The molecule has 0 spiro atoms. The van der Waals surface area contributed by atoms with E-state index in [1.165, 1.54) is 5.56 Å². The molecule has 0 aliphatic carbocycles. The molecule has 4 heteroatoms. The van der Waals surface area contributed by atoms with Crippen molar-refractivity contribution >= 4 is 0 Å². The Morgan fingerprint density at radius 3 is 2.24 bits per heavy atom. The second kappa shape index (κ2) is 6.85. The van der Waals surface area contributed by atoms with Crippen molar-refractivity contribution in [3.63, 3.8) is 0 Å². The third-order valence-corrected chi connectivity index (χ3v) is 3.60. The van der Waals surface area contributed by atoms with Crippen molar-refractivity contribution in [2.75, 3.05) is 0 Å². The number of aromatic nitrogens is 3. The van der Waals surface area contributed by atoms with Gasteiger partial charge in [-0.05, 0) is 23.0 Å². The highest BCUT2D eigenvalue weighted by Crippen LogP contribution is 2.21. The minimum atomic E-state index is -0.540. The molecule has 0 bridgehead atoms. The van der Waals surface area contributed by atoms with Crippen molar-refractivity contribution in [1.29, 1.82) is 0 Å². The van der Waals surface area contributed by atoms with Gasteiger partial charge < -0.3 is 5.11 Å². The molecular formula is C17H25N3O. The molecule has 0 aliphatic rings. The van der Waals surface area contributed by atoms with Gasteiger partial charge in [-0.1, -0.05) is 52.0 Å². The van der Waals surface area contributed by atoms with Crippen LogP contribution in [0.3, 0.4) is 0 Å². The maximum absolute atomic E-state index is 10.4. The summed E-state index contributed by atoms with van der Waals surface area (Å²) in [6.07, 6.45) is 1.52. The summed E-state index contributed by atoms with van der Waals surface area (Å²) in [5, 5.41) is 14.6. The standard InChI is InChI=1S/C17H25N3O/c1-12(2)10-20-17(18-11-19-20)9-16(21)15-7-5-14(6-8-15)13(3)4/h5-8,11-13,16,21H,9-10H2,1-4H3. The first-order valence-corrected chi connectivity index (χ1v) is 7.62. The van der Waals surface area contributed by atoms with Crippen LogP contribution in [0.2, 0.25) is 0 Å². The van der Waals surface area contributed by atoms with Crippen LogP contribution >= 0.6 is 0 Å². The van der Waals surface area contributed by atoms with Gasteiger partial charge in [-0.3, -0.25) is 0 Å². The summed E-state index contributed by atoms with van der Waals surface area (Å²) < 4.78 is 1.89. The van der Waals surface area contributed by atoms with E-state index in [0.29, 0.717) is 18.3 Å². The van der Waals surface area contributed by atoms with Crippen molar-refractivity contribution in [2.24, 2.45) is 5.92 Å². The zero-order valence-electron chi connectivity index (χ0n) is 13.3. The summed E-state index contributed by atoms with van der Waals surface area (Å²) in [6, 6.07) is 8.18. The van der Waals surface area contributed by atoms with E-state index in [1.807, 2.05) is 16.8 Å². The second-order valence-corrected chi connectivity index (χ2v) is 6.29. The smallest absolute Gasteiger partial charge is 0.138 e. The van der Waals surface area contributed by atoms with Gasteiger partial charge in [0.2, 0.25) is 0 Å². The van der Waals surface area contributed by atoms with Crippen molar-refractivity contribution < 1.29 is 5.11 Å². The van der Waals surface area contributed by atoms with E-state index in [2.05, 4.69) is 49.9 Å². The lowest BCUT2D eigenvalue weighted by molar-refractivity contribution is 0.173. The molecular weight excluding hydrogens is 262 g/mol. The van der Waals surface area contributed by atoms with E-state index in [4.69, 9.17) is 0 Å². The molecule has 21 heavy (non-hydrogen) atoms. The fourth-order valence-corrected chi connectivity index (χ4v) is 2.34. The zero-order chi connectivity index (χ0) is 15.4. The third kappa shape index (κ3) is 4.14. The average Bonchev–Trinajstić information content (AvgIpc) is 2.85. The van der Waals surface area contributed by atoms with E-state index in [-0.39, 0.29) is 0 Å². The van der Waals surface area contributed by atoms with E-state index in [1.54, 1.807) is 6.33 Å². The van der Waals surface area contributed by atoms with Gasteiger partial charge in [-0.15, -0.1) is 0 Å². The number of hydrogen-bond acceptors (Lipinski definition) is 3. The molecule has 4 nitrogen and oxygen atoms in total. The van der Waals surface area contributed by atoms with Gasteiger partial charge in [0.05, 0.1) is 6.10 Å². The third-order valence-electron chi connectivity index (χ3n) is 3.60. The molecule has 1 heterocycles. The van der Waals surface area contributed by atoms with Gasteiger partial charge in [0.1, 0.15) is 12.2 Å². The molecule has 0 aliphatic heterocycles. The van der Waals surface area contributed by atoms with Gasteiger partial charge >= 0.3 is 0 Å². The lowest BCUT2D eigenvalue weighted by Gasteiger charge is -2.14. The summed E-state index contributed by atoms with van der Waals surface area (Å²) in [5.41, 5.74) is 2.22. The van der Waals surface area contributed by atoms with Crippen LogP contribution in [-0.4, -0.2) is 19.9 Å². The van der Waals surface area contributed by atoms with Crippen molar-refractivity contribution in [3.05, 3.63) is 47.5 Å². The number of rotatable bonds is 6. The Morgan fingerprint density at radius 2 is 1.67 bits per heavy atom. The first-order chi connectivity index (χ1) is 9.97. The van der Waals surface area contributed by atoms with Gasteiger partial charge in [0.15, 0.2) is 0 Å². The molecule has 0 saturated heterocycles. The highest BCUT2D eigenvalue weighted by Gasteiger charge is 2.14. The van der Waals surface area contributed by atoms with Crippen LogP contribution in [0.5, 0.6) is 0 Å². The number of aliphatic hydroxyl groups excluding tert-OH is 1. The molecule has 0 radical (unpaired) electrons. The maximum atomic E-state index is 10.4. The first kappa shape index (κ1) is 15.7. The van der Waals surface area contributed by atoms with Crippen LogP contribution < -0.4 is 0 Å². The topological polar surface area (TPSA) is 50.9 Å². The van der Waals surface area contributed by atoms with Crippen molar-refractivity contribution in [1.82, 2.24) is 14.8 Å². The summed E-state index contributed by atoms with van der Waals surface area (Å²) in [7, 11) is 0. The van der Waals surface area contributed by atoms with E-state index in [0.717, 1.165) is 17.9 Å². The lowest BCUT2D eigenvalue weighted by atomic mass is 9.99. The molecule has 2 rings (SSSR count). The molecule has 1 N–H and O–H groups in total. The highest BCUT2D eigenvalue weighted by atomic mass is 16.3. The van der Waals surface area contributed by atoms with Gasteiger partial charge in [-0.25, -0.2) is 9.67 Å². The summed E-state index contributed by atoms with van der Waals surface area (Å²) in [6.45, 7) is 9.45. The highest BCUT2D eigenvalue weighted by molar-refractivity contribution is 5.26. The van der Waals surface area contributed by atoms with Crippen LogP contribution in [0.25, 0.3) is 0 Å². The zero-order valence-corrected chi connectivity index (χ0v) is 13.3. The van der Waals surface area contributed by atoms with E-state index in [9.17, 15) is 5.11 Å². The van der Waals surface area contributed by atoms with E-state index < -0.39 is 6.10 Å². The molecule has 1 aromatic carbocycles. The van der Waals surface area contributed by atoms with E-state index >= 15 is 0 Å². The van der Waals surface area contributed by atoms with Gasteiger partial charge in [0, 0.05) is 13.0 Å². The number of benzene rings is 1. The molecule has 0 amide bonds. The number of nitrogens with zero attached hydrogens (tertiary/aromatic N) is 3. The SMILES string of the molecule is CC(C)Cn1ncnc1CC(O)c1ccc(C(C)C)cc1. The summed E-state index contributed by atoms with van der Waals surface area (Å²) >= 11 is 0. The Hall–Kier alpha value is -1.68. The molecule has 0 saturated carbocycles. The Morgan fingerprint density at radius 1 is 1.05 bits per heavy atom. The molecule has 0 fully saturated rings. The van der Waals surface area contributed by atoms with Crippen LogP contribution in [0.4, 0.5) is 0 Å². The lowest BCUT2D eigenvalue weighted by Crippen LogP contribution is -2.13. The predicted molar refractivity (Wildman–Crippen MR) is 84.1 cm³/mol. The quantitative estimate of drug-likeness (QED) is 0.886. The van der Waals surface area contributed by atoms with Gasteiger partial charge in [-0.2, -0.15) is 5.10 Å². The average molecular weight is 287 g/mol. The van der Waals surface area contributed by atoms with Crippen LogP contribution in [-0.2, 0) is 13.0 Å². The summed E-state index contributed by atoms with van der Waals surface area (Å²) in [4.78, 5) is 4.27. The Kier molecular flexibility index (Phi) is 5.12. The normalized spacial score (nSPS) is 13.1. The predicted octanol–water partition coefficient (Wildman–Crippen LogP) is 3.33. The molecule has 2 aromatic rings.